The van der Waals surface area contributed by atoms with Crippen LogP contribution in [0, 0.1) is 46.8 Å². The third-order valence-electron chi connectivity index (χ3n) is 8.97. The predicted octanol–water partition coefficient (Wildman–Crippen LogP) is 3.44. The van der Waals surface area contributed by atoms with Crippen molar-refractivity contribution in [3.05, 3.63) is 0 Å². The first-order valence-corrected chi connectivity index (χ1v) is 10.2. The van der Waals surface area contributed by atoms with E-state index in [0.717, 1.165) is 49.4 Å². The predicted molar refractivity (Wildman–Crippen MR) is 91.3 cm³/mol. The molecule has 0 aromatic carbocycles. The number of hydrogen-bond acceptors (Lipinski definition) is 3. The van der Waals surface area contributed by atoms with E-state index in [1.165, 1.54) is 25.7 Å². The van der Waals surface area contributed by atoms with Gasteiger partial charge in [-0.25, -0.2) is 0 Å². The van der Waals surface area contributed by atoms with Crippen molar-refractivity contribution in [2.45, 2.75) is 63.9 Å². The molecule has 9 atom stereocenters. The molecule has 1 N–H and O–H groups in total. The van der Waals surface area contributed by atoms with Crippen LogP contribution in [0.5, 0.6) is 0 Å². The van der Waals surface area contributed by atoms with Gasteiger partial charge in [-0.3, -0.25) is 4.79 Å². The molecular formula is C21H32O3. The molecular weight excluding hydrogens is 300 g/mol. The van der Waals surface area contributed by atoms with Crippen molar-refractivity contribution in [3.8, 4) is 0 Å². The van der Waals surface area contributed by atoms with Gasteiger partial charge in [0.25, 0.3) is 0 Å². The summed E-state index contributed by atoms with van der Waals surface area (Å²) in [6.07, 6.45) is 9.14. The topological polar surface area (TPSA) is 46.5 Å². The minimum atomic E-state index is -0.586. The third kappa shape index (κ3) is 2.00. The number of carbonyl (C=O) groups excluding carboxylic acids is 1. The average Bonchev–Trinajstić information content (AvgIpc) is 3.29. The Bertz CT molecular complexity index is 559. The van der Waals surface area contributed by atoms with Crippen LogP contribution in [0.15, 0.2) is 0 Å². The zero-order chi connectivity index (χ0) is 16.7. The van der Waals surface area contributed by atoms with Gasteiger partial charge in [-0.1, -0.05) is 6.92 Å². The van der Waals surface area contributed by atoms with E-state index >= 15 is 0 Å². The molecule has 0 unspecified atom stereocenters. The van der Waals surface area contributed by atoms with Crippen LogP contribution < -0.4 is 0 Å². The van der Waals surface area contributed by atoms with Gasteiger partial charge in [0.2, 0.25) is 0 Å². The summed E-state index contributed by atoms with van der Waals surface area (Å²) < 4.78 is 5.28. The highest BCUT2D eigenvalue weighted by atomic mass is 16.5. The highest BCUT2D eigenvalue weighted by Crippen LogP contribution is 2.70. The summed E-state index contributed by atoms with van der Waals surface area (Å²) >= 11 is 0. The van der Waals surface area contributed by atoms with E-state index in [2.05, 4.69) is 6.92 Å². The fourth-order valence-electron chi connectivity index (χ4n) is 8.02. The highest BCUT2D eigenvalue weighted by molar-refractivity contribution is 5.92. The van der Waals surface area contributed by atoms with Gasteiger partial charge in [0.1, 0.15) is 5.78 Å². The molecule has 24 heavy (non-hydrogen) atoms. The van der Waals surface area contributed by atoms with Crippen LogP contribution in [0.25, 0.3) is 0 Å². The standard InChI is InChI=1S/C21H32O3/c1-20-7-5-14-13-6-8-21(23,11-24-2)10-12(13)3-4-15(14)18(20)16-9-17(16)19(20)22/h12-18,23H,3-11H2,1-2H3/t12-,13-,14+,15+,16+,17-,18+,20-,21+/m0/s1. The van der Waals surface area contributed by atoms with Crippen LogP contribution in [0.3, 0.4) is 0 Å². The summed E-state index contributed by atoms with van der Waals surface area (Å²) in [6.45, 7) is 2.79. The minimum absolute atomic E-state index is 0.0209. The molecule has 0 bridgehead atoms. The molecule has 0 spiro atoms. The second-order valence-electron chi connectivity index (χ2n) is 10.1. The van der Waals surface area contributed by atoms with E-state index in [1.54, 1.807) is 7.11 Å². The van der Waals surface area contributed by atoms with Gasteiger partial charge in [-0.05, 0) is 86.9 Å². The molecule has 3 heteroatoms. The fraction of sp³-hybridized carbons (Fsp3) is 0.952. The van der Waals surface area contributed by atoms with Crippen LogP contribution in [0.4, 0.5) is 0 Å². The molecule has 5 fully saturated rings. The lowest BCUT2D eigenvalue weighted by Crippen LogP contribution is -2.52. The Hall–Kier alpha value is -0.410. The average molecular weight is 332 g/mol. The number of carbonyl (C=O) groups is 1. The molecule has 0 amide bonds. The monoisotopic (exact) mass is 332 g/mol. The van der Waals surface area contributed by atoms with Crippen LogP contribution in [0.1, 0.15) is 58.3 Å². The van der Waals surface area contributed by atoms with E-state index in [-0.39, 0.29) is 5.41 Å². The number of methoxy groups -OCH3 is 1. The van der Waals surface area contributed by atoms with E-state index < -0.39 is 5.60 Å². The smallest absolute Gasteiger partial charge is 0.142 e. The second kappa shape index (κ2) is 5.07. The zero-order valence-corrected chi connectivity index (χ0v) is 15.2. The molecule has 0 aliphatic heterocycles. The number of aliphatic hydroxyl groups is 1. The molecule has 0 saturated heterocycles. The van der Waals surface area contributed by atoms with Crippen molar-refractivity contribution in [1.29, 1.82) is 0 Å². The summed E-state index contributed by atoms with van der Waals surface area (Å²) in [5.74, 6) is 5.57. The van der Waals surface area contributed by atoms with Gasteiger partial charge in [-0.2, -0.15) is 0 Å². The Kier molecular flexibility index (Phi) is 3.34. The van der Waals surface area contributed by atoms with Gasteiger partial charge in [0.15, 0.2) is 0 Å². The van der Waals surface area contributed by atoms with Gasteiger partial charge in [0, 0.05) is 18.4 Å². The fourth-order valence-corrected chi connectivity index (χ4v) is 8.02. The normalized spacial score (nSPS) is 58.5. The molecule has 0 radical (unpaired) electrons. The first-order valence-electron chi connectivity index (χ1n) is 10.2. The van der Waals surface area contributed by atoms with Crippen molar-refractivity contribution in [3.63, 3.8) is 0 Å². The quantitative estimate of drug-likeness (QED) is 0.842. The second-order valence-corrected chi connectivity index (χ2v) is 10.1. The summed E-state index contributed by atoms with van der Waals surface area (Å²) in [4.78, 5) is 12.8. The maximum absolute atomic E-state index is 12.8. The first-order chi connectivity index (χ1) is 11.5. The maximum Gasteiger partial charge on any atom is 0.142 e. The van der Waals surface area contributed by atoms with E-state index in [1.807, 2.05) is 0 Å². The molecule has 3 nitrogen and oxygen atoms in total. The molecule has 5 rings (SSSR count). The molecule has 134 valence electrons. The SMILES string of the molecule is COC[C@@]1(O)CC[C@H]2[C@@H](CC[C@@H]3[C@@H]2CC[C@]2(C)C(=O)[C@H]4C[C@H]4[C@@H]32)C1. The maximum atomic E-state index is 12.8. The van der Waals surface area contributed by atoms with Crippen LogP contribution in [0.2, 0.25) is 0 Å². The van der Waals surface area contributed by atoms with Gasteiger partial charge >= 0.3 is 0 Å². The lowest BCUT2D eigenvalue weighted by Gasteiger charge is -2.56. The van der Waals surface area contributed by atoms with Crippen LogP contribution >= 0.6 is 0 Å². The van der Waals surface area contributed by atoms with Gasteiger partial charge < -0.3 is 9.84 Å². The molecule has 0 aromatic heterocycles. The lowest BCUT2D eigenvalue weighted by molar-refractivity contribution is -0.142. The molecule has 0 aromatic rings. The Morgan fingerprint density at radius 1 is 1.08 bits per heavy atom. The van der Waals surface area contributed by atoms with Gasteiger partial charge in [-0.15, -0.1) is 0 Å². The molecule has 5 aliphatic rings. The van der Waals surface area contributed by atoms with Crippen molar-refractivity contribution >= 4 is 5.78 Å². The summed E-state index contributed by atoms with van der Waals surface area (Å²) in [5, 5.41) is 10.8. The summed E-state index contributed by atoms with van der Waals surface area (Å²) in [7, 11) is 1.70. The Morgan fingerprint density at radius 2 is 1.88 bits per heavy atom. The number of hydrogen-bond donors (Lipinski definition) is 1. The molecule has 0 heterocycles. The number of ether oxygens (including phenoxy) is 1. The third-order valence-corrected chi connectivity index (χ3v) is 8.97. The Balaban J connectivity index is 1.37. The van der Waals surface area contributed by atoms with Crippen molar-refractivity contribution in [2.24, 2.45) is 46.8 Å². The van der Waals surface area contributed by atoms with Crippen LogP contribution in [-0.2, 0) is 9.53 Å². The summed E-state index contributed by atoms with van der Waals surface area (Å²) in [6, 6.07) is 0. The van der Waals surface area contributed by atoms with Crippen molar-refractivity contribution < 1.29 is 14.6 Å². The highest BCUT2D eigenvalue weighted by Gasteiger charge is 2.69. The number of fused-ring (bicyclic) bond motifs is 7. The van der Waals surface area contributed by atoms with E-state index in [9.17, 15) is 9.90 Å². The van der Waals surface area contributed by atoms with E-state index in [4.69, 9.17) is 4.74 Å². The largest absolute Gasteiger partial charge is 0.387 e. The lowest BCUT2D eigenvalue weighted by atomic mass is 9.49. The van der Waals surface area contributed by atoms with Crippen molar-refractivity contribution in [2.75, 3.05) is 13.7 Å². The minimum Gasteiger partial charge on any atom is -0.387 e. The van der Waals surface area contributed by atoms with Crippen molar-refractivity contribution in [1.82, 2.24) is 0 Å². The number of Topliss-reactive ketones (excluding diaryl/α,β-unsaturated/α-hetero) is 1. The Labute approximate surface area is 145 Å². The molecule has 5 aliphatic carbocycles. The first kappa shape index (κ1) is 15.8. The Morgan fingerprint density at radius 3 is 2.67 bits per heavy atom. The number of rotatable bonds is 2. The summed E-state index contributed by atoms with van der Waals surface area (Å²) in [5.41, 5.74) is -0.566. The van der Waals surface area contributed by atoms with Gasteiger partial charge in [0.05, 0.1) is 12.2 Å². The number of ketones is 1. The zero-order valence-electron chi connectivity index (χ0n) is 15.2. The molecule has 5 saturated carbocycles. The van der Waals surface area contributed by atoms with E-state index in [0.29, 0.717) is 30.1 Å². The van der Waals surface area contributed by atoms with Crippen LogP contribution in [-0.4, -0.2) is 30.2 Å².